The Hall–Kier alpha value is -2.01. The molecule has 0 heterocycles. The lowest BCUT2D eigenvalue weighted by Gasteiger charge is -2.22. The Balaban J connectivity index is 2.74. The van der Waals surface area contributed by atoms with Gasteiger partial charge in [-0.2, -0.15) is 0 Å². The molecule has 0 aromatic heterocycles. The Labute approximate surface area is 157 Å². The summed E-state index contributed by atoms with van der Waals surface area (Å²) in [5, 5.41) is 10.2. The van der Waals surface area contributed by atoms with Gasteiger partial charge in [-0.3, -0.25) is 4.72 Å². The smallest absolute Gasteiger partial charge is 0.262 e. The van der Waals surface area contributed by atoms with Crippen LogP contribution >= 0.6 is 0 Å². The van der Waals surface area contributed by atoms with Gasteiger partial charge in [0.25, 0.3) is 10.0 Å². The number of benzene rings is 2. The molecule has 5 heteroatoms. The largest absolute Gasteiger partial charge is 0.507 e. The van der Waals surface area contributed by atoms with Crippen molar-refractivity contribution in [3.8, 4) is 5.75 Å². The van der Waals surface area contributed by atoms with E-state index in [0.717, 1.165) is 38.9 Å². The van der Waals surface area contributed by atoms with Gasteiger partial charge in [-0.1, -0.05) is 0 Å². The second-order valence-corrected chi connectivity index (χ2v) is 8.90. The maximum Gasteiger partial charge on any atom is 0.262 e. The molecule has 0 aliphatic carbocycles. The van der Waals surface area contributed by atoms with E-state index in [9.17, 15) is 13.5 Å². The molecule has 0 bridgehead atoms. The van der Waals surface area contributed by atoms with Crippen molar-refractivity contribution in [2.24, 2.45) is 0 Å². The molecule has 2 N–H and O–H groups in total. The first-order chi connectivity index (χ1) is 11.8. The van der Waals surface area contributed by atoms with Crippen LogP contribution in [-0.4, -0.2) is 13.5 Å². The summed E-state index contributed by atoms with van der Waals surface area (Å²) in [6.45, 7) is 16.9. The van der Waals surface area contributed by atoms with E-state index in [4.69, 9.17) is 0 Å². The number of phenols is 1. The van der Waals surface area contributed by atoms with Crippen molar-refractivity contribution in [2.45, 2.75) is 67.2 Å². The fourth-order valence-corrected chi connectivity index (χ4v) is 5.29. The molecule has 142 valence electrons. The van der Waals surface area contributed by atoms with E-state index in [1.165, 1.54) is 0 Å². The van der Waals surface area contributed by atoms with Crippen molar-refractivity contribution in [1.82, 2.24) is 0 Å². The van der Waals surface area contributed by atoms with Crippen LogP contribution in [0.2, 0.25) is 0 Å². The highest BCUT2D eigenvalue weighted by Gasteiger charge is 2.26. The SMILES string of the molecule is Cc1c(C)c(C)c(S(=O)(=O)Nc2c(C)c(C)c(O)c(C)c2C)c(C)c1C. The van der Waals surface area contributed by atoms with Gasteiger partial charge in [0.2, 0.25) is 0 Å². The van der Waals surface area contributed by atoms with Crippen LogP contribution < -0.4 is 4.72 Å². The lowest BCUT2D eigenvalue weighted by Crippen LogP contribution is -2.19. The summed E-state index contributed by atoms with van der Waals surface area (Å²) in [5.74, 6) is 0.220. The Morgan fingerprint density at radius 1 is 0.577 bits per heavy atom. The maximum atomic E-state index is 13.3. The summed E-state index contributed by atoms with van der Waals surface area (Å²) in [7, 11) is -3.76. The zero-order valence-electron chi connectivity index (χ0n) is 17.2. The molecular formula is C21H29NO3S. The van der Waals surface area contributed by atoms with Crippen molar-refractivity contribution in [3.05, 3.63) is 50.1 Å². The van der Waals surface area contributed by atoms with Crippen molar-refractivity contribution < 1.29 is 13.5 Å². The molecule has 0 aliphatic heterocycles. The third kappa shape index (κ3) is 2.98. The summed E-state index contributed by atoms with van der Waals surface area (Å²) in [5.41, 5.74) is 8.09. The minimum Gasteiger partial charge on any atom is -0.507 e. The van der Waals surface area contributed by atoms with Crippen LogP contribution in [0.15, 0.2) is 4.90 Å². The molecule has 2 aromatic carbocycles. The minimum absolute atomic E-state index is 0.220. The molecule has 0 aliphatic rings. The molecule has 0 unspecified atom stereocenters. The molecule has 2 rings (SSSR count). The molecule has 0 saturated heterocycles. The van der Waals surface area contributed by atoms with E-state index in [1.807, 2.05) is 48.5 Å². The van der Waals surface area contributed by atoms with Crippen molar-refractivity contribution >= 4 is 15.7 Å². The van der Waals surface area contributed by atoms with Crippen LogP contribution in [0.3, 0.4) is 0 Å². The van der Waals surface area contributed by atoms with Crippen LogP contribution in [-0.2, 0) is 10.0 Å². The number of nitrogens with one attached hydrogen (secondary N) is 1. The van der Waals surface area contributed by atoms with Gasteiger partial charge in [-0.15, -0.1) is 0 Å². The summed E-state index contributed by atoms with van der Waals surface area (Å²) in [4.78, 5) is 0.347. The van der Waals surface area contributed by atoms with Crippen molar-refractivity contribution in [1.29, 1.82) is 0 Å². The first-order valence-electron chi connectivity index (χ1n) is 8.72. The summed E-state index contributed by atoms with van der Waals surface area (Å²) in [6.07, 6.45) is 0. The number of aromatic hydroxyl groups is 1. The molecule has 0 radical (unpaired) electrons. The Morgan fingerprint density at radius 2 is 0.923 bits per heavy atom. The van der Waals surface area contributed by atoms with E-state index < -0.39 is 10.0 Å². The maximum absolute atomic E-state index is 13.3. The minimum atomic E-state index is -3.76. The van der Waals surface area contributed by atoms with Gasteiger partial charge < -0.3 is 5.11 Å². The van der Waals surface area contributed by atoms with Crippen LogP contribution in [0.1, 0.15) is 50.1 Å². The summed E-state index contributed by atoms with van der Waals surface area (Å²) >= 11 is 0. The molecule has 0 amide bonds. The third-order valence-corrected chi connectivity index (χ3v) is 7.64. The zero-order chi connectivity index (χ0) is 20.1. The van der Waals surface area contributed by atoms with E-state index >= 15 is 0 Å². The summed E-state index contributed by atoms with van der Waals surface area (Å²) in [6, 6.07) is 0. The van der Waals surface area contributed by atoms with E-state index in [1.54, 1.807) is 13.8 Å². The quantitative estimate of drug-likeness (QED) is 0.745. The average molecular weight is 376 g/mol. The Bertz CT molecular complexity index is 961. The molecule has 0 saturated carbocycles. The molecule has 2 aromatic rings. The number of phenolic OH excluding ortho intramolecular Hbond substituents is 1. The van der Waals surface area contributed by atoms with Gasteiger partial charge in [0.15, 0.2) is 0 Å². The summed E-state index contributed by atoms with van der Waals surface area (Å²) < 4.78 is 29.4. The van der Waals surface area contributed by atoms with Gasteiger partial charge in [-0.25, -0.2) is 8.42 Å². The van der Waals surface area contributed by atoms with Gasteiger partial charge in [0.05, 0.1) is 10.6 Å². The fourth-order valence-electron chi connectivity index (χ4n) is 3.50. The molecule has 26 heavy (non-hydrogen) atoms. The third-order valence-electron chi connectivity index (χ3n) is 6.02. The predicted molar refractivity (Wildman–Crippen MR) is 108 cm³/mol. The van der Waals surface area contributed by atoms with Gasteiger partial charge in [-0.05, 0) is 112 Å². The van der Waals surface area contributed by atoms with E-state index in [2.05, 4.69) is 4.72 Å². The monoisotopic (exact) mass is 375 g/mol. The molecule has 4 nitrogen and oxygen atoms in total. The number of hydrogen-bond acceptors (Lipinski definition) is 3. The number of anilines is 1. The predicted octanol–water partition coefficient (Wildman–Crippen LogP) is 4.97. The van der Waals surface area contributed by atoms with Crippen LogP contribution in [0.4, 0.5) is 5.69 Å². The van der Waals surface area contributed by atoms with E-state index in [0.29, 0.717) is 21.7 Å². The highest BCUT2D eigenvalue weighted by molar-refractivity contribution is 7.92. The fraction of sp³-hybridized carbons (Fsp3) is 0.429. The zero-order valence-corrected chi connectivity index (χ0v) is 18.0. The highest BCUT2D eigenvalue weighted by atomic mass is 32.2. The normalized spacial score (nSPS) is 11.7. The lowest BCUT2D eigenvalue weighted by molar-refractivity contribution is 0.466. The highest BCUT2D eigenvalue weighted by Crippen LogP contribution is 2.37. The van der Waals surface area contributed by atoms with E-state index in [-0.39, 0.29) is 5.75 Å². The second-order valence-electron chi connectivity index (χ2n) is 7.28. The standard InChI is InChI=1S/C21H29NO3S/c1-10-11(2)17(8)21(18(9)12(10)3)26(24,25)22-19-13(4)15(6)20(23)16(7)14(19)5/h22-23H,1-9H3. The number of rotatable bonds is 3. The van der Waals surface area contributed by atoms with Crippen LogP contribution in [0.5, 0.6) is 5.75 Å². The second kappa shape index (κ2) is 6.62. The Kier molecular flexibility index (Phi) is 5.17. The van der Waals surface area contributed by atoms with Crippen LogP contribution in [0.25, 0.3) is 0 Å². The van der Waals surface area contributed by atoms with Gasteiger partial charge >= 0.3 is 0 Å². The molecule has 0 atom stereocenters. The first-order valence-corrected chi connectivity index (χ1v) is 10.2. The molecule has 0 fully saturated rings. The van der Waals surface area contributed by atoms with Crippen molar-refractivity contribution in [2.75, 3.05) is 4.72 Å². The topological polar surface area (TPSA) is 66.4 Å². The molecule has 0 spiro atoms. The van der Waals surface area contributed by atoms with Gasteiger partial charge in [0.1, 0.15) is 5.75 Å². The first kappa shape index (κ1) is 20.3. The van der Waals surface area contributed by atoms with Crippen LogP contribution in [0, 0.1) is 62.3 Å². The Morgan fingerprint density at radius 3 is 1.31 bits per heavy atom. The van der Waals surface area contributed by atoms with Crippen molar-refractivity contribution in [3.63, 3.8) is 0 Å². The van der Waals surface area contributed by atoms with Gasteiger partial charge in [0, 0.05) is 0 Å². The number of hydrogen-bond donors (Lipinski definition) is 2. The average Bonchev–Trinajstić information content (AvgIpc) is 2.58. The lowest BCUT2D eigenvalue weighted by atomic mass is 9.95. The number of sulfonamides is 1. The molecular weight excluding hydrogens is 346 g/mol.